The first-order valence-electron chi connectivity index (χ1n) is 14.0. The Morgan fingerprint density at radius 2 is 1.82 bits per heavy atom. The SMILES string of the molecule is CCOC(=O)C1[C@H]2CN(c3cc(C(=O)N[C@H](C(=O)N4CCN[C@H](C)C4)C(C)C)nc(-c4ccccc4)n3)C[C@@H]12. The number of hydrogen-bond acceptors (Lipinski definition) is 8. The van der Waals surface area contributed by atoms with Gasteiger partial charge in [0.25, 0.3) is 5.91 Å². The predicted molar refractivity (Wildman–Crippen MR) is 147 cm³/mol. The zero-order valence-electron chi connectivity index (χ0n) is 23.1. The number of esters is 1. The molecule has 1 aromatic carbocycles. The van der Waals surface area contributed by atoms with Gasteiger partial charge in [-0.05, 0) is 31.6 Å². The van der Waals surface area contributed by atoms with Crippen LogP contribution in [0.2, 0.25) is 0 Å². The molecule has 1 aliphatic carbocycles. The molecule has 2 aromatic rings. The Hall–Kier alpha value is -3.53. The quantitative estimate of drug-likeness (QED) is 0.494. The van der Waals surface area contributed by atoms with E-state index in [0.29, 0.717) is 44.4 Å². The van der Waals surface area contributed by atoms with E-state index in [4.69, 9.17) is 9.72 Å². The molecule has 2 aliphatic heterocycles. The summed E-state index contributed by atoms with van der Waals surface area (Å²) in [5.74, 6) is 0.826. The topological polar surface area (TPSA) is 117 Å². The molecule has 208 valence electrons. The van der Waals surface area contributed by atoms with E-state index in [1.54, 1.807) is 6.07 Å². The molecule has 2 N–H and O–H groups in total. The summed E-state index contributed by atoms with van der Waals surface area (Å²) in [5.41, 5.74) is 1.02. The summed E-state index contributed by atoms with van der Waals surface area (Å²) in [4.78, 5) is 52.6. The van der Waals surface area contributed by atoms with Crippen LogP contribution >= 0.6 is 0 Å². The molecule has 0 radical (unpaired) electrons. The molecule has 1 aromatic heterocycles. The van der Waals surface area contributed by atoms with Crippen molar-refractivity contribution in [1.29, 1.82) is 0 Å². The lowest BCUT2D eigenvalue weighted by molar-refractivity contribution is -0.145. The number of piperazine rings is 1. The lowest BCUT2D eigenvalue weighted by Crippen LogP contribution is -2.58. The number of hydrogen-bond donors (Lipinski definition) is 2. The van der Waals surface area contributed by atoms with E-state index in [1.807, 2.05) is 62.9 Å². The average Bonchev–Trinajstić information content (AvgIpc) is 3.44. The van der Waals surface area contributed by atoms with Crippen molar-refractivity contribution in [2.24, 2.45) is 23.7 Å². The van der Waals surface area contributed by atoms with Crippen LogP contribution in [0.1, 0.15) is 38.2 Å². The average molecular weight is 535 g/mol. The first-order valence-corrected chi connectivity index (χ1v) is 14.0. The lowest BCUT2D eigenvalue weighted by Gasteiger charge is -2.35. The maximum absolute atomic E-state index is 13.6. The molecular formula is C29H38N6O4. The van der Waals surface area contributed by atoms with E-state index in [0.717, 1.165) is 12.1 Å². The molecule has 1 unspecified atom stereocenters. The molecule has 3 aliphatic rings. The second-order valence-electron chi connectivity index (χ2n) is 11.1. The number of piperidine rings is 1. The fourth-order valence-electron chi connectivity index (χ4n) is 5.79. The van der Waals surface area contributed by atoms with Crippen molar-refractivity contribution < 1.29 is 19.1 Å². The minimum Gasteiger partial charge on any atom is -0.466 e. The summed E-state index contributed by atoms with van der Waals surface area (Å²) >= 11 is 0. The number of carbonyl (C=O) groups excluding carboxylic acids is 3. The van der Waals surface area contributed by atoms with Gasteiger partial charge in [-0.25, -0.2) is 9.97 Å². The van der Waals surface area contributed by atoms with Crippen molar-refractivity contribution in [3.05, 3.63) is 42.1 Å². The number of nitrogens with zero attached hydrogens (tertiary/aromatic N) is 4. The summed E-state index contributed by atoms with van der Waals surface area (Å²) in [6, 6.07) is 10.8. The van der Waals surface area contributed by atoms with E-state index in [9.17, 15) is 14.4 Å². The van der Waals surface area contributed by atoms with Crippen molar-refractivity contribution in [3.8, 4) is 11.4 Å². The second kappa shape index (κ2) is 11.3. The third-order valence-corrected chi connectivity index (χ3v) is 7.95. The number of benzene rings is 1. The van der Waals surface area contributed by atoms with Crippen LogP contribution in [0.25, 0.3) is 11.4 Å². The normalized spacial score (nSPS) is 24.7. The number of amides is 2. The van der Waals surface area contributed by atoms with E-state index in [1.165, 1.54) is 0 Å². The van der Waals surface area contributed by atoms with Gasteiger partial charge in [-0.2, -0.15) is 0 Å². The van der Waals surface area contributed by atoms with Gasteiger partial charge >= 0.3 is 5.97 Å². The van der Waals surface area contributed by atoms with Crippen LogP contribution in [0.5, 0.6) is 0 Å². The van der Waals surface area contributed by atoms with Gasteiger partial charge < -0.3 is 25.2 Å². The van der Waals surface area contributed by atoms with Crippen LogP contribution in [0.4, 0.5) is 5.82 Å². The van der Waals surface area contributed by atoms with Gasteiger partial charge in [-0.1, -0.05) is 44.2 Å². The molecule has 2 amide bonds. The largest absolute Gasteiger partial charge is 0.466 e. The smallest absolute Gasteiger partial charge is 0.309 e. The summed E-state index contributed by atoms with van der Waals surface area (Å²) in [6.45, 7) is 11.4. The second-order valence-corrected chi connectivity index (χ2v) is 11.1. The number of ether oxygens (including phenoxy) is 1. The highest BCUT2D eigenvalue weighted by atomic mass is 16.5. The van der Waals surface area contributed by atoms with Crippen LogP contribution < -0.4 is 15.5 Å². The minimum absolute atomic E-state index is 0.0510. The lowest BCUT2D eigenvalue weighted by atomic mass is 10.0. The minimum atomic E-state index is -0.661. The van der Waals surface area contributed by atoms with Crippen LogP contribution in [0.3, 0.4) is 0 Å². The van der Waals surface area contributed by atoms with E-state index in [2.05, 4.69) is 20.5 Å². The third-order valence-electron chi connectivity index (χ3n) is 7.95. The number of fused-ring (bicyclic) bond motifs is 1. The van der Waals surface area contributed by atoms with Crippen LogP contribution in [-0.4, -0.2) is 84.1 Å². The summed E-state index contributed by atoms with van der Waals surface area (Å²) in [5, 5.41) is 6.32. The van der Waals surface area contributed by atoms with Gasteiger partial charge in [-0.3, -0.25) is 14.4 Å². The zero-order chi connectivity index (χ0) is 27.7. The maximum Gasteiger partial charge on any atom is 0.309 e. The van der Waals surface area contributed by atoms with Crippen molar-refractivity contribution in [2.45, 2.75) is 39.8 Å². The molecule has 2 saturated heterocycles. The highest BCUT2D eigenvalue weighted by Gasteiger charge is 2.60. The Morgan fingerprint density at radius 1 is 1.10 bits per heavy atom. The fraction of sp³-hybridized carbons (Fsp3) is 0.552. The Bertz CT molecular complexity index is 1210. The van der Waals surface area contributed by atoms with Gasteiger partial charge in [0.2, 0.25) is 5.91 Å². The third kappa shape index (κ3) is 5.75. The van der Waals surface area contributed by atoms with Crippen molar-refractivity contribution in [3.63, 3.8) is 0 Å². The summed E-state index contributed by atoms with van der Waals surface area (Å²) in [7, 11) is 0. The molecule has 3 heterocycles. The zero-order valence-corrected chi connectivity index (χ0v) is 23.1. The summed E-state index contributed by atoms with van der Waals surface area (Å²) < 4.78 is 5.23. The monoisotopic (exact) mass is 534 g/mol. The number of anilines is 1. The summed E-state index contributed by atoms with van der Waals surface area (Å²) in [6.07, 6.45) is 0. The number of aromatic nitrogens is 2. The van der Waals surface area contributed by atoms with Gasteiger partial charge in [0.1, 0.15) is 17.6 Å². The Morgan fingerprint density at radius 3 is 2.46 bits per heavy atom. The van der Waals surface area contributed by atoms with Gasteiger partial charge in [0.05, 0.1) is 12.5 Å². The van der Waals surface area contributed by atoms with Crippen LogP contribution in [0.15, 0.2) is 36.4 Å². The van der Waals surface area contributed by atoms with Gasteiger partial charge in [0.15, 0.2) is 5.82 Å². The van der Waals surface area contributed by atoms with Crippen molar-refractivity contribution in [1.82, 2.24) is 25.5 Å². The van der Waals surface area contributed by atoms with Crippen LogP contribution in [0, 0.1) is 23.7 Å². The number of nitrogens with one attached hydrogen (secondary N) is 2. The van der Waals surface area contributed by atoms with Gasteiger partial charge in [0, 0.05) is 50.4 Å². The molecule has 0 spiro atoms. The maximum atomic E-state index is 13.6. The van der Waals surface area contributed by atoms with Crippen molar-refractivity contribution >= 4 is 23.6 Å². The van der Waals surface area contributed by atoms with Gasteiger partial charge in [-0.15, -0.1) is 0 Å². The highest BCUT2D eigenvalue weighted by Crippen LogP contribution is 2.53. The molecule has 10 nitrogen and oxygen atoms in total. The molecule has 39 heavy (non-hydrogen) atoms. The molecular weight excluding hydrogens is 496 g/mol. The fourth-order valence-corrected chi connectivity index (χ4v) is 5.79. The van der Waals surface area contributed by atoms with E-state index >= 15 is 0 Å². The predicted octanol–water partition coefficient (Wildman–Crippen LogP) is 1.96. The van der Waals surface area contributed by atoms with Crippen LogP contribution in [-0.2, 0) is 14.3 Å². The van der Waals surface area contributed by atoms with E-state index in [-0.39, 0.29) is 47.3 Å². The molecule has 10 heteroatoms. The van der Waals surface area contributed by atoms with E-state index < -0.39 is 11.9 Å². The Labute approximate surface area is 229 Å². The first kappa shape index (κ1) is 27.1. The number of carbonyl (C=O) groups is 3. The first-order chi connectivity index (χ1) is 18.8. The molecule has 5 rings (SSSR count). The van der Waals surface area contributed by atoms with Crippen molar-refractivity contribution in [2.75, 3.05) is 44.2 Å². The number of rotatable bonds is 8. The molecule has 3 fully saturated rings. The standard InChI is InChI=1S/C29H38N6O4/c1-5-39-29(38)24-20-15-35(16-21(20)24)23-13-22(31-26(32-23)19-9-7-6-8-10-19)27(36)33-25(17(2)3)28(37)34-12-11-30-18(4)14-34/h6-10,13,17-18,20-21,24-25,30H,5,11-12,14-16H2,1-4H3,(H,33,36)/t18-,20-,21+,24?,25+/m1/s1. The Kier molecular flexibility index (Phi) is 7.83. The molecule has 1 saturated carbocycles. The Balaban J connectivity index is 1.37. The molecule has 0 bridgehead atoms. The molecule has 5 atom stereocenters. The highest BCUT2D eigenvalue weighted by molar-refractivity contribution is 5.97.